The van der Waals surface area contributed by atoms with Crippen LogP contribution < -0.4 is 5.73 Å². The molecular formula is C23H17N5O. The van der Waals surface area contributed by atoms with Gasteiger partial charge in [0.05, 0.1) is 18.2 Å². The molecule has 6 nitrogen and oxygen atoms in total. The monoisotopic (exact) mass is 379 g/mol. The van der Waals surface area contributed by atoms with Crippen molar-refractivity contribution in [3.8, 4) is 17.2 Å². The first kappa shape index (κ1) is 17.0. The lowest BCUT2D eigenvalue weighted by atomic mass is 9.95. The van der Waals surface area contributed by atoms with Gasteiger partial charge in [0.1, 0.15) is 0 Å². The molecule has 29 heavy (non-hydrogen) atoms. The number of pyridine rings is 1. The fourth-order valence-electron chi connectivity index (χ4n) is 4.07. The van der Waals surface area contributed by atoms with Crippen LogP contribution >= 0.6 is 0 Å². The summed E-state index contributed by atoms with van der Waals surface area (Å²) in [6.45, 7) is 4.31. The van der Waals surface area contributed by atoms with E-state index < -0.39 is 0 Å². The number of hydrogen-bond donors (Lipinski definition) is 2. The number of nitrogen functional groups attached to an aromatic ring is 1. The first-order chi connectivity index (χ1) is 14.1. The van der Waals surface area contributed by atoms with Crippen molar-refractivity contribution in [2.75, 3.05) is 12.3 Å². The van der Waals surface area contributed by atoms with Gasteiger partial charge in [-0.1, -0.05) is 18.7 Å². The Bertz CT molecular complexity index is 1380. The molecule has 1 aliphatic rings. The van der Waals surface area contributed by atoms with Crippen molar-refractivity contribution in [1.82, 2.24) is 14.9 Å². The Morgan fingerprint density at radius 1 is 1.24 bits per heavy atom. The van der Waals surface area contributed by atoms with Gasteiger partial charge in [-0.15, -0.1) is 0 Å². The summed E-state index contributed by atoms with van der Waals surface area (Å²) in [5, 5.41) is 11.2. The molecule has 140 valence electrons. The van der Waals surface area contributed by atoms with Gasteiger partial charge in [0.2, 0.25) is 0 Å². The van der Waals surface area contributed by atoms with E-state index in [2.05, 4.69) is 22.6 Å². The molecule has 1 aliphatic heterocycles. The number of nitriles is 1. The number of hydrogen-bond acceptors (Lipinski definition) is 4. The van der Waals surface area contributed by atoms with E-state index >= 15 is 0 Å². The first-order valence-corrected chi connectivity index (χ1v) is 9.21. The molecule has 0 spiro atoms. The molecule has 2 aromatic heterocycles. The highest BCUT2D eigenvalue weighted by Crippen LogP contribution is 2.38. The molecule has 0 saturated carbocycles. The third-order valence-corrected chi connectivity index (χ3v) is 5.45. The number of H-pyrrole nitrogens is 1. The zero-order chi connectivity index (χ0) is 20.1. The summed E-state index contributed by atoms with van der Waals surface area (Å²) >= 11 is 0. The SMILES string of the molecule is C=C(C#N)CN1Cc2c(-c3ccc4[nH]c5ccncc5c4c3)ccc(N)c2C1=O. The van der Waals surface area contributed by atoms with Crippen molar-refractivity contribution < 1.29 is 4.79 Å². The van der Waals surface area contributed by atoms with E-state index in [1.165, 1.54) is 0 Å². The van der Waals surface area contributed by atoms with Crippen molar-refractivity contribution >= 4 is 33.4 Å². The largest absolute Gasteiger partial charge is 0.398 e. The molecule has 0 bridgehead atoms. The highest BCUT2D eigenvalue weighted by Gasteiger charge is 2.32. The fourth-order valence-corrected chi connectivity index (χ4v) is 4.07. The van der Waals surface area contributed by atoms with E-state index in [1.54, 1.807) is 17.2 Å². The molecule has 4 aromatic rings. The quantitative estimate of drug-likeness (QED) is 0.415. The lowest BCUT2D eigenvalue weighted by Gasteiger charge is -2.14. The summed E-state index contributed by atoms with van der Waals surface area (Å²) in [4.78, 5) is 22.1. The molecule has 5 rings (SSSR count). The van der Waals surface area contributed by atoms with Crippen LogP contribution in [0, 0.1) is 11.3 Å². The molecule has 1 amide bonds. The molecule has 6 heteroatoms. The lowest BCUT2D eigenvalue weighted by molar-refractivity contribution is 0.0794. The summed E-state index contributed by atoms with van der Waals surface area (Å²) in [5.74, 6) is -0.159. The number of aromatic amines is 1. The number of amides is 1. The number of anilines is 1. The first-order valence-electron chi connectivity index (χ1n) is 9.21. The van der Waals surface area contributed by atoms with E-state index in [1.807, 2.05) is 36.5 Å². The Kier molecular flexibility index (Phi) is 3.65. The molecule has 3 N–H and O–H groups in total. The Labute approximate surface area is 166 Å². The van der Waals surface area contributed by atoms with Gasteiger partial charge in [0.15, 0.2) is 0 Å². The topological polar surface area (TPSA) is 98.8 Å². The van der Waals surface area contributed by atoms with Crippen molar-refractivity contribution in [2.45, 2.75) is 6.54 Å². The van der Waals surface area contributed by atoms with Crippen LogP contribution in [-0.2, 0) is 6.54 Å². The molecule has 0 radical (unpaired) electrons. The third-order valence-electron chi connectivity index (χ3n) is 5.45. The Morgan fingerprint density at radius 3 is 2.90 bits per heavy atom. The van der Waals surface area contributed by atoms with Crippen LogP contribution in [0.15, 0.2) is 60.9 Å². The number of carbonyl (C=O) groups excluding carboxylic acids is 1. The van der Waals surface area contributed by atoms with Crippen molar-refractivity contribution in [3.05, 3.63) is 72.1 Å². The molecular weight excluding hydrogens is 362 g/mol. The number of fused-ring (bicyclic) bond motifs is 4. The second-order valence-corrected chi connectivity index (χ2v) is 7.24. The van der Waals surface area contributed by atoms with E-state index in [-0.39, 0.29) is 12.5 Å². The van der Waals surface area contributed by atoms with Gasteiger partial charge in [-0.2, -0.15) is 5.26 Å². The van der Waals surface area contributed by atoms with Gasteiger partial charge < -0.3 is 15.6 Å². The molecule has 3 heterocycles. The molecule has 0 atom stereocenters. The average molecular weight is 379 g/mol. The Morgan fingerprint density at radius 2 is 2.07 bits per heavy atom. The van der Waals surface area contributed by atoms with Crippen LogP contribution in [0.5, 0.6) is 0 Å². The molecule has 0 fully saturated rings. The maximum atomic E-state index is 12.9. The van der Waals surface area contributed by atoms with Gasteiger partial charge in [-0.05, 0) is 41.0 Å². The van der Waals surface area contributed by atoms with Crippen LogP contribution in [0.3, 0.4) is 0 Å². The molecule has 0 unspecified atom stereocenters. The van der Waals surface area contributed by atoms with Crippen LogP contribution in [0.4, 0.5) is 5.69 Å². The van der Waals surface area contributed by atoms with Gasteiger partial charge in [-0.25, -0.2) is 0 Å². The van der Waals surface area contributed by atoms with Crippen LogP contribution in [-0.4, -0.2) is 27.3 Å². The van der Waals surface area contributed by atoms with Gasteiger partial charge in [0.25, 0.3) is 5.91 Å². The Hall–Kier alpha value is -4.11. The predicted octanol–water partition coefficient (Wildman–Crippen LogP) is 4.00. The molecule has 0 aliphatic carbocycles. The van der Waals surface area contributed by atoms with Gasteiger partial charge >= 0.3 is 0 Å². The van der Waals surface area contributed by atoms with Crippen LogP contribution in [0.25, 0.3) is 32.9 Å². The number of nitrogens with one attached hydrogen (secondary N) is 1. The summed E-state index contributed by atoms with van der Waals surface area (Å²) < 4.78 is 0. The van der Waals surface area contributed by atoms with E-state index in [0.717, 1.165) is 38.5 Å². The van der Waals surface area contributed by atoms with Gasteiger partial charge in [0, 0.05) is 52.0 Å². The Balaban J connectivity index is 1.66. The highest BCUT2D eigenvalue weighted by molar-refractivity contribution is 6.09. The van der Waals surface area contributed by atoms with E-state index in [9.17, 15) is 4.79 Å². The predicted molar refractivity (Wildman–Crippen MR) is 113 cm³/mol. The van der Waals surface area contributed by atoms with E-state index in [4.69, 9.17) is 11.0 Å². The maximum Gasteiger partial charge on any atom is 0.256 e. The van der Waals surface area contributed by atoms with Crippen molar-refractivity contribution in [1.29, 1.82) is 5.26 Å². The minimum absolute atomic E-state index is 0.159. The number of nitrogens with two attached hydrogens (primary N) is 1. The summed E-state index contributed by atoms with van der Waals surface area (Å²) in [7, 11) is 0. The summed E-state index contributed by atoms with van der Waals surface area (Å²) in [6, 6.07) is 13.9. The minimum Gasteiger partial charge on any atom is -0.398 e. The standard InChI is InChI=1S/C23H17N5O/c1-13(9-24)11-28-12-18-15(3-4-19(25)22(18)23(28)29)14-2-5-20-16(8-14)17-10-26-7-6-21(17)27-20/h2-8,10,27H,1,11-12,25H2. The van der Waals surface area contributed by atoms with Crippen molar-refractivity contribution in [2.24, 2.45) is 0 Å². The number of rotatable bonds is 3. The van der Waals surface area contributed by atoms with Crippen molar-refractivity contribution in [3.63, 3.8) is 0 Å². The minimum atomic E-state index is -0.159. The number of aromatic nitrogens is 2. The average Bonchev–Trinajstić information content (AvgIpc) is 3.26. The maximum absolute atomic E-state index is 12.9. The van der Waals surface area contributed by atoms with E-state index in [0.29, 0.717) is 23.4 Å². The molecule has 0 saturated heterocycles. The number of carbonyl (C=O) groups is 1. The molecule has 2 aromatic carbocycles. The normalized spacial score (nSPS) is 13.1. The lowest BCUT2D eigenvalue weighted by Crippen LogP contribution is -2.26. The number of benzene rings is 2. The summed E-state index contributed by atoms with van der Waals surface area (Å²) in [5.41, 5.74) is 12.4. The second-order valence-electron chi connectivity index (χ2n) is 7.24. The van der Waals surface area contributed by atoms with Crippen LogP contribution in [0.1, 0.15) is 15.9 Å². The number of nitrogens with zero attached hydrogens (tertiary/aromatic N) is 3. The smallest absolute Gasteiger partial charge is 0.256 e. The fraction of sp³-hybridized carbons (Fsp3) is 0.0870. The highest BCUT2D eigenvalue weighted by atomic mass is 16.2. The zero-order valence-electron chi connectivity index (χ0n) is 15.6. The van der Waals surface area contributed by atoms with Gasteiger partial charge in [-0.3, -0.25) is 9.78 Å². The summed E-state index contributed by atoms with van der Waals surface area (Å²) in [6.07, 6.45) is 3.62. The zero-order valence-corrected chi connectivity index (χ0v) is 15.6. The third kappa shape index (κ3) is 2.56. The second kappa shape index (κ2) is 6.21. The van der Waals surface area contributed by atoms with Crippen LogP contribution in [0.2, 0.25) is 0 Å².